The number of aromatic nitrogens is 1. The Kier molecular flexibility index (Phi) is 5.04. The van der Waals surface area contributed by atoms with Gasteiger partial charge in [-0.05, 0) is 36.8 Å². The fraction of sp³-hybridized carbons (Fsp3) is 0.200. The van der Waals surface area contributed by atoms with Crippen LogP contribution in [0.15, 0.2) is 36.5 Å². The highest BCUT2D eigenvalue weighted by Crippen LogP contribution is 2.26. The lowest BCUT2D eigenvalue weighted by Gasteiger charge is -2.17. The minimum absolute atomic E-state index is 0.217. The van der Waals surface area contributed by atoms with Crippen LogP contribution in [-0.2, 0) is 0 Å². The molecule has 6 heteroatoms. The van der Waals surface area contributed by atoms with E-state index in [1.54, 1.807) is 43.6 Å². The summed E-state index contributed by atoms with van der Waals surface area (Å²) in [6.45, 7) is 1.86. The molecular formula is C15H15Cl2N3O. The molecule has 1 aromatic heterocycles. The van der Waals surface area contributed by atoms with Gasteiger partial charge < -0.3 is 10.6 Å². The van der Waals surface area contributed by atoms with E-state index in [1.807, 2.05) is 6.92 Å². The summed E-state index contributed by atoms with van der Waals surface area (Å²) in [7, 11) is 1.72. The molecule has 0 fully saturated rings. The van der Waals surface area contributed by atoms with Gasteiger partial charge in [0, 0.05) is 23.3 Å². The van der Waals surface area contributed by atoms with Crippen molar-refractivity contribution in [1.29, 1.82) is 0 Å². The minimum Gasteiger partial charge on any atom is -0.372 e. The molecule has 1 heterocycles. The van der Waals surface area contributed by atoms with Crippen molar-refractivity contribution < 1.29 is 4.79 Å². The molecule has 0 saturated heterocycles. The highest BCUT2D eigenvalue weighted by molar-refractivity contribution is 6.35. The van der Waals surface area contributed by atoms with E-state index in [2.05, 4.69) is 15.6 Å². The lowest BCUT2D eigenvalue weighted by molar-refractivity contribution is 0.0940. The number of hydrogen-bond donors (Lipinski definition) is 2. The first-order valence-corrected chi connectivity index (χ1v) is 7.17. The van der Waals surface area contributed by atoms with Gasteiger partial charge in [-0.1, -0.05) is 29.3 Å². The molecule has 4 nitrogen and oxygen atoms in total. The normalized spacial score (nSPS) is 11.8. The molecule has 0 bridgehead atoms. The first kappa shape index (κ1) is 15.6. The average Bonchev–Trinajstić information content (AvgIpc) is 2.46. The monoisotopic (exact) mass is 323 g/mol. The van der Waals surface area contributed by atoms with Crippen molar-refractivity contribution in [1.82, 2.24) is 10.3 Å². The van der Waals surface area contributed by atoms with E-state index in [4.69, 9.17) is 23.2 Å². The highest BCUT2D eigenvalue weighted by Gasteiger charge is 2.16. The molecule has 1 amide bonds. The van der Waals surface area contributed by atoms with Gasteiger partial charge in [0.05, 0.1) is 11.6 Å². The predicted octanol–water partition coefficient (Wildman–Crippen LogP) is 3.92. The van der Waals surface area contributed by atoms with Gasteiger partial charge in [-0.2, -0.15) is 0 Å². The van der Waals surface area contributed by atoms with Gasteiger partial charge in [0.15, 0.2) is 0 Å². The topological polar surface area (TPSA) is 54.0 Å². The maximum Gasteiger partial charge on any atom is 0.255 e. The smallest absolute Gasteiger partial charge is 0.255 e. The van der Waals surface area contributed by atoms with E-state index in [0.717, 1.165) is 5.56 Å². The van der Waals surface area contributed by atoms with Crippen molar-refractivity contribution in [2.24, 2.45) is 0 Å². The van der Waals surface area contributed by atoms with E-state index in [-0.39, 0.29) is 11.9 Å². The summed E-state index contributed by atoms with van der Waals surface area (Å²) < 4.78 is 0. The van der Waals surface area contributed by atoms with Gasteiger partial charge in [0.1, 0.15) is 5.82 Å². The molecule has 0 aliphatic rings. The van der Waals surface area contributed by atoms with Crippen LogP contribution < -0.4 is 10.6 Å². The molecule has 0 saturated carbocycles. The fourth-order valence-corrected chi connectivity index (χ4v) is 2.56. The molecule has 1 unspecified atom stereocenters. The van der Waals surface area contributed by atoms with Crippen LogP contribution in [0.25, 0.3) is 0 Å². The second-order valence-electron chi connectivity index (χ2n) is 4.51. The Morgan fingerprint density at radius 2 is 2.05 bits per heavy atom. The average molecular weight is 324 g/mol. The molecule has 0 aliphatic heterocycles. The maximum atomic E-state index is 12.3. The number of hydrogen-bond acceptors (Lipinski definition) is 3. The number of rotatable bonds is 4. The first-order valence-electron chi connectivity index (χ1n) is 6.41. The Balaban J connectivity index is 2.19. The number of anilines is 1. The summed E-state index contributed by atoms with van der Waals surface area (Å²) in [4.78, 5) is 16.4. The van der Waals surface area contributed by atoms with Crippen LogP contribution in [0.4, 0.5) is 5.82 Å². The number of nitrogens with zero attached hydrogens (tertiary/aromatic N) is 1. The summed E-state index contributed by atoms with van der Waals surface area (Å²) in [5.41, 5.74) is 1.29. The number of carbonyl (C=O) groups excluding carboxylic acids is 1. The zero-order valence-electron chi connectivity index (χ0n) is 11.7. The molecular weight excluding hydrogens is 309 g/mol. The van der Waals surface area contributed by atoms with Crippen molar-refractivity contribution in [3.8, 4) is 0 Å². The fourth-order valence-electron chi connectivity index (χ4n) is 1.99. The van der Waals surface area contributed by atoms with Crippen LogP contribution in [0.2, 0.25) is 10.0 Å². The first-order chi connectivity index (χ1) is 10.0. The molecule has 21 heavy (non-hydrogen) atoms. The quantitative estimate of drug-likeness (QED) is 0.896. The van der Waals surface area contributed by atoms with Crippen LogP contribution in [0.3, 0.4) is 0 Å². The van der Waals surface area contributed by atoms with Crippen LogP contribution in [0.5, 0.6) is 0 Å². The number of pyridine rings is 1. The molecule has 110 valence electrons. The van der Waals surface area contributed by atoms with E-state index in [1.165, 1.54) is 0 Å². The number of amides is 1. The molecule has 2 N–H and O–H groups in total. The van der Waals surface area contributed by atoms with Crippen molar-refractivity contribution in [3.63, 3.8) is 0 Å². The van der Waals surface area contributed by atoms with E-state index >= 15 is 0 Å². The van der Waals surface area contributed by atoms with Crippen molar-refractivity contribution in [3.05, 3.63) is 57.7 Å². The Hall–Kier alpha value is -1.78. The van der Waals surface area contributed by atoms with Crippen molar-refractivity contribution in [2.45, 2.75) is 13.0 Å². The van der Waals surface area contributed by atoms with Crippen LogP contribution in [-0.4, -0.2) is 17.9 Å². The van der Waals surface area contributed by atoms with Gasteiger partial charge in [-0.15, -0.1) is 0 Å². The summed E-state index contributed by atoms with van der Waals surface area (Å²) >= 11 is 12.0. The summed E-state index contributed by atoms with van der Waals surface area (Å²) in [6.07, 6.45) is 1.63. The predicted molar refractivity (Wildman–Crippen MR) is 86.1 cm³/mol. The molecule has 0 aliphatic carbocycles. The zero-order valence-corrected chi connectivity index (χ0v) is 13.2. The SMILES string of the molecule is CNc1ncccc1C(=O)NC(C)c1ccc(Cl)cc1Cl. The Labute approximate surface area is 133 Å². The molecule has 1 aromatic carbocycles. The van der Waals surface area contributed by atoms with Gasteiger partial charge >= 0.3 is 0 Å². The Bertz CT molecular complexity index is 661. The lowest BCUT2D eigenvalue weighted by atomic mass is 10.1. The van der Waals surface area contributed by atoms with Gasteiger partial charge in [0.2, 0.25) is 0 Å². The minimum atomic E-state index is -0.243. The van der Waals surface area contributed by atoms with Gasteiger partial charge in [0.25, 0.3) is 5.91 Å². The summed E-state index contributed by atoms with van der Waals surface area (Å²) in [6, 6.07) is 8.39. The third-order valence-electron chi connectivity index (χ3n) is 3.07. The maximum absolute atomic E-state index is 12.3. The number of carbonyl (C=O) groups is 1. The highest BCUT2D eigenvalue weighted by atomic mass is 35.5. The van der Waals surface area contributed by atoms with Crippen LogP contribution in [0.1, 0.15) is 28.9 Å². The molecule has 1 atom stereocenters. The summed E-state index contributed by atoms with van der Waals surface area (Å²) in [5.74, 6) is 0.315. The Morgan fingerprint density at radius 3 is 2.71 bits per heavy atom. The number of nitrogens with one attached hydrogen (secondary N) is 2. The molecule has 0 radical (unpaired) electrons. The van der Waals surface area contributed by atoms with E-state index < -0.39 is 0 Å². The Morgan fingerprint density at radius 1 is 1.29 bits per heavy atom. The molecule has 0 spiro atoms. The second-order valence-corrected chi connectivity index (χ2v) is 5.35. The summed E-state index contributed by atoms with van der Waals surface area (Å²) in [5, 5.41) is 6.88. The van der Waals surface area contributed by atoms with Crippen molar-refractivity contribution >= 4 is 34.9 Å². The number of halogens is 2. The van der Waals surface area contributed by atoms with Gasteiger partial charge in [-0.25, -0.2) is 4.98 Å². The second kappa shape index (κ2) is 6.78. The third-order valence-corrected chi connectivity index (χ3v) is 3.63. The number of benzene rings is 1. The molecule has 2 aromatic rings. The van der Waals surface area contributed by atoms with E-state index in [9.17, 15) is 4.79 Å². The van der Waals surface area contributed by atoms with Crippen molar-refractivity contribution in [2.75, 3.05) is 12.4 Å². The van der Waals surface area contributed by atoms with E-state index in [0.29, 0.717) is 21.4 Å². The molecule has 2 rings (SSSR count). The third kappa shape index (κ3) is 3.65. The lowest BCUT2D eigenvalue weighted by Crippen LogP contribution is -2.27. The standard InChI is InChI=1S/C15H15Cl2N3O/c1-9(11-6-5-10(16)8-13(11)17)20-15(21)12-4-3-7-19-14(12)18-2/h3-9H,1-2H3,(H,18,19)(H,20,21). The van der Waals surface area contributed by atoms with Crippen LogP contribution in [0, 0.1) is 0 Å². The van der Waals surface area contributed by atoms with Gasteiger partial charge in [-0.3, -0.25) is 4.79 Å². The van der Waals surface area contributed by atoms with Crippen LogP contribution >= 0.6 is 23.2 Å². The zero-order chi connectivity index (χ0) is 15.4. The largest absolute Gasteiger partial charge is 0.372 e.